The first-order valence-corrected chi connectivity index (χ1v) is 7.04. The van der Waals surface area contributed by atoms with Gasteiger partial charge in [-0.3, -0.25) is 0 Å². The van der Waals surface area contributed by atoms with Crippen LogP contribution in [0, 0.1) is 10.8 Å². The minimum atomic E-state index is -0.160. The van der Waals surface area contributed by atoms with Crippen LogP contribution in [-0.2, 0) is 0 Å². The van der Waals surface area contributed by atoms with Gasteiger partial charge in [0.15, 0.2) is 5.82 Å². The van der Waals surface area contributed by atoms with E-state index in [1.54, 1.807) is 6.20 Å². The highest BCUT2D eigenvalue weighted by Crippen LogP contribution is 2.37. The number of aliphatic imine (C=N–C) groups is 1. The smallest absolute Gasteiger partial charge is 0.161 e. The molecule has 1 aromatic heterocycles. The first kappa shape index (κ1) is 16.4. The molecule has 1 heterocycles. The summed E-state index contributed by atoms with van der Waals surface area (Å²) in [6.45, 7) is 14.8. The topological polar surface area (TPSA) is 51.3 Å². The number of hydrogen-bond acceptors (Lipinski definition) is 2. The molecule has 0 aliphatic rings. The standard InChI is InChI=1S/C17H27N3/c1-8-13(16(2,3)4)12-10-9-11-19-14(12)20-15(18)17(5,6)7/h8-11H,1-7H3,(H2,18,19,20)/b13-8+. The molecule has 0 aromatic carbocycles. The molecule has 1 rings (SSSR count). The number of amidine groups is 1. The number of rotatable bonds is 2. The lowest BCUT2D eigenvalue weighted by atomic mass is 9.82. The van der Waals surface area contributed by atoms with E-state index in [1.165, 1.54) is 5.57 Å². The van der Waals surface area contributed by atoms with Crippen molar-refractivity contribution in [2.75, 3.05) is 0 Å². The summed E-state index contributed by atoms with van der Waals surface area (Å²) in [5, 5.41) is 0. The SMILES string of the molecule is C/C=C(\c1cccnc1/N=C(\N)C(C)(C)C)C(C)(C)C. The molecule has 0 spiro atoms. The van der Waals surface area contributed by atoms with Crippen LogP contribution in [0.5, 0.6) is 0 Å². The Hall–Kier alpha value is -1.64. The van der Waals surface area contributed by atoms with E-state index in [0.29, 0.717) is 11.7 Å². The number of pyridine rings is 1. The van der Waals surface area contributed by atoms with E-state index in [4.69, 9.17) is 5.73 Å². The summed E-state index contributed by atoms with van der Waals surface area (Å²) >= 11 is 0. The zero-order valence-corrected chi connectivity index (χ0v) is 13.8. The molecule has 2 N–H and O–H groups in total. The molecule has 0 saturated carbocycles. The molecule has 0 bridgehead atoms. The average Bonchev–Trinajstić information content (AvgIpc) is 2.29. The van der Waals surface area contributed by atoms with E-state index in [1.807, 2.05) is 13.0 Å². The van der Waals surface area contributed by atoms with Crippen molar-refractivity contribution in [3.63, 3.8) is 0 Å². The molecule has 0 aliphatic heterocycles. The Morgan fingerprint density at radius 1 is 1.15 bits per heavy atom. The lowest BCUT2D eigenvalue weighted by Gasteiger charge is -2.24. The van der Waals surface area contributed by atoms with Gasteiger partial charge in [0.05, 0.1) is 0 Å². The van der Waals surface area contributed by atoms with Crippen LogP contribution in [0.2, 0.25) is 0 Å². The van der Waals surface area contributed by atoms with Crippen molar-refractivity contribution in [3.05, 3.63) is 30.0 Å². The number of nitrogens with two attached hydrogens (primary N) is 1. The van der Waals surface area contributed by atoms with Crippen LogP contribution in [0.15, 0.2) is 29.4 Å². The zero-order valence-electron chi connectivity index (χ0n) is 13.8. The fourth-order valence-electron chi connectivity index (χ4n) is 1.97. The highest BCUT2D eigenvalue weighted by Gasteiger charge is 2.22. The Labute approximate surface area is 123 Å². The Morgan fingerprint density at radius 3 is 2.20 bits per heavy atom. The van der Waals surface area contributed by atoms with Crippen LogP contribution < -0.4 is 5.73 Å². The molecule has 0 amide bonds. The highest BCUT2D eigenvalue weighted by atomic mass is 15.0. The van der Waals surface area contributed by atoms with Gasteiger partial charge in [-0.1, -0.05) is 47.6 Å². The van der Waals surface area contributed by atoms with E-state index in [-0.39, 0.29) is 10.8 Å². The van der Waals surface area contributed by atoms with Crippen molar-refractivity contribution in [1.82, 2.24) is 4.98 Å². The minimum Gasteiger partial charge on any atom is -0.387 e. The van der Waals surface area contributed by atoms with Crippen LogP contribution >= 0.6 is 0 Å². The third kappa shape index (κ3) is 3.92. The fraction of sp³-hybridized carbons (Fsp3) is 0.529. The van der Waals surface area contributed by atoms with Crippen molar-refractivity contribution >= 4 is 17.2 Å². The van der Waals surface area contributed by atoms with E-state index in [2.05, 4.69) is 63.7 Å². The predicted octanol–water partition coefficient (Wildman–Crippen LogP) is 4.57. The third-order valence-corrected chi connectivity index (χ3v) is 3.17. The van der Waals surface area contributed by atoms with E-state index >= 15 is 0 Å². The molecule has 110 valence electrons. The summed E-state index contributed by atoms with van der Waals surface area (Å²) in [4.78, 5) is 8.96. The largest absolute Gasteiger partial charge is 0.387 e. The molecule has 0 atom stereocenters. The van der Waals surface area contributed by atoms with Crippen molar-refractivity contribution < 1.29 is 0 Å². The second kappa shape index (κ2) is 5.78. The summed E-state index contributed by atoms with van der Waals surface area (Å²) in [6, 6.07) is 4.00. The van der Waals surface area contributed by atoms with Crippen LogP contribution in [0.3, 0.4) is 0 Å². The van der Waals surface area contributed by atoms with E-state index in [0.717, 1.165) is 5.56 Å². The monoisotopic (exact) mass is 273 g/mol. The van der Waals surface area contributed by atoms with Gasteiger partial charge < -0.3 is 5.73 Å². The summed E-state index contributed by atoms with van der Waals surface area (Å²) < 4.78 is 0. The molecule has 0 fully saturated rings. The van der Waals surface area contributed by atoms with E-state index in [9.17, 15) is 0 Å². The highest BCUT2D eigenvalue weighted by molar-refractivity contribution is 5.89. The van der Waals surface area contributed by atoms with Crippen molar-refractivity contribution in [2.45, 2.75) is 48.5 Å². The Balaban J connectivity index is 3.40. The zero-order chi connectivity index (χ0) is 15.6. The molecular formula is C17H27N3. The number of nitrogens with zero attached hydrogens (tertiary/aromatic N) is 2. The van der Waals surface area contributed by atoms with Gasteiger partial charge in [-0.25, -0.2) is 9.98 Å². The number of aromatic nitrogens is 1. The third-order valence-electron chi connectivity index (χ3n) is 3.17. The van der Waals surface area contributed by atoms with Gasteiger partial charge in [-0.15, -0.1) is 0 Å². The van der Waals surface area contributed by atoms with Gasteiger partial charge in [0.2, 0.25) is 0 Å². The summed E-state index contributed by atoms with van der Waals surface area (Å²) in [5.41, 5.74) is 8.25. The van der Waals surface area contributed by atoms with Crippen molar-refractivity contribution in [3.8, 4) is 0 Å². The lowest BCUT2D eigenvalue weighted by Crippen LogP contribution is -2.28. The molecule has 0 radical (unpaired) electrons. The predicted molar refractivity (Wildman–Crippen MR) is 88.1 cm³/mol. The fourth-order valence-corrected chi connectivity index (χ4v) is 1.97. The van der Waals surface area contributed by atoms with Crippen LogP contribution in [-0.4, -0.2) is 10.8 Å². The van der Waals surface area contributed by atoms with Gasteiger partial charge in [0, 0.05) is 17.2 Å². The number of hydrogen-bond donors (Lipinski definition) is 1. The Kier molecular flexibility index (Phi) is 4.74. The van der Waals surface area contributed by atoms with Crippen molar-refractivity contribution in [2.24, 2.45) is 21.6 Å². The Morgan fingerprint density at radius 2 is 1.75 bits per heavy atom. The van der Waals surface area contributed by atoms with E-state index < -0.39 is 0 Å². The molecular weight excluding hydrogens is 246 g/mol. The summed E-state index contributed by atoms with van der Waals surface area (Å²) in [5.74, 6) is 1.30. The molecule has 3 heteroatoms. The second-order valence-corrected chi connectivity index (χ2v) is 7.07. The molecule has 20 heavy (non-hydrogen) atoms. The maximum Gasteiger partial charge on any atom is 0.161 e. The quantitative estimate of drug-likeness (QED) is 0.634. The van der Waals surface area contributed by atoms with Gasteiger partial charge in [0.25, 0.3) is 0 Å². The maximum absolute atomic E-state index is 6.09. The maximum atomic E-state index is 6.09. The minimum absolute atomic E-state index is 0.0402. The normalized spacial score (nSPS) is 14.6. The molecule has 1 aromatic rings. The van der Waals surface area contributed by atoms with Gasteiger partial charge >= 0.3 is 0 Å². The molecule has 0 unspecified atom stereocenters. The van der Waals surface area contributed by atoms with Gasteiger partial charge in [-0.05, 0) is 30.0 Å². The first-order valence-electron chi connectivity index (χ1n) is 7.04. The summed E-state index contributed by atoms with van der Waals surface area (Å²) in [6.07, 6.45) is 3.89. The summed E-state index contributed by atoms with van der Waals surface area (Å²) in [7, 11) is 0. The van der Waals surface area contributed by atoms with Gasteiger partial charge in [0.1, 0.15) is 5.84 Å². The first-order chi connectivity index (χ1) is 9.07. The number of allylic oxidation sites excluding steroid dienone is 2. The van der Waals surface area contributed by atoms with Crippen molar-refractivity contribution in [1.29, 1.82) is 0 Å². The Bertz CT molecular complexity index is 526. The second-order valence-electron chi connectivity index (χ2n) is 7.07. The van der Waals surface area contributed by atoms with Crippen LogP contribution in [0.1, 0.15) is 54.0 Å². The molecule has 0 aliphatic carbocycles. The van der Waals surface area contributed by atoms with Crippen LogP contribution in [0.4, 0.5) is 5.82 Å². The average molecular weight is 273 g/mol. The van der Waals surface area contributed by atoms with Crippen LogP contribution in [0.25, 0.3) is 5.57 Å². The van der Waals surface area contributed by atoms with Gasteiger partial charge in [-0.2, -0.15) is 0 Å². The molecule has 3 nitrogen and oxygen atoms in total. The lowest BCUT2D eigenvalue weighted by molar-refractivity contribution is 0.566. The molecule has 0 saturated heterocycles.